The molecule has 2 aliphatic carbocycles. The normalized spacial score (nSPS) is 13.9. The zero-order chi connectivity index (χ0) is 26.0. The van der Waals surface area contributed by atoms with Crippen LogP contribution in [0.4, 0.5) is 0 Å². The highest BCUT2D eigenvalue weighted by atomic mass is 16.4. The molecule has 0 saturated heterocycles. The Balaban J connectivity index is 1.73. The molecule has 0 aliphatic heterocycles. The fourth-order valence-corrected chi connectivity index (χ4v) is 4.20. The van der Waals surface area contributed by atoms with Gasteiger partial charge in [-0.1, -0.05) is 18.2 Å². The molecule has 36 heavy (non-hydrogen) atoms. The van der Waals surface area contributed by atoms with Gasteiger partial charge < -0.3 is 20.8 Å². The highest BCUT2D eigenvalue weighted by Crippen LogP contribution is 2.42. The van der Waals surface area contributed by atoms with E-state index in [0.717, 1.165) is 5.56 Å². The number of Topliss-reactive ketones (excluding diaryl/α,β-unsaturated/α-hetero) is 1. The maximum atomic E-state index is 12.6. The number of fused-ring (bicyclic) bond motifs is 2. The number of phenols is 1. The predicted molar refractivity (Wildman–Crippen MR) is 129 cm³/mol. The van der Waals surface area contributed by atoms with E-state index in [9.17, 15) is 34.2 Å². The van der Waals surface area contributed by atoms with Crippen LogP contribution in [-0.2, 0) is 20.8 Å². The molecule has 0 unspecified atom stereocenters. The lowest BCUT2D eigenvalue weighted by atomic mass is 9.76. The third-order valence-electron chi connectivity index (χ3n) is 5.81. The van der Waals surface area contributed by atoms with Gasteiger partial charge in [0.1, 0.15) is 11.5 Å². The number of aromatic carboxylic acids is 1. The second-order valence-electron chi connectivity index (χ2n) is 8.44. The highest BCUT2D eigenvalue weighted by Gasteiger charge is 2.28. The van der Waals surface area contributed by atoms with E-state index >= 15 is 0 Å². The summed E-state index contributed by atoms with van der Waals surface area (Å²) in [6.45, 7) is 0.784. The summed E-state index contributed by atoms with van der Waals surface area (Å²) < 4.78 is 0. The van der Waals surface area contributed by atoms with E-state index < -0.39 is 17.8 Å². The molecule has 0 heterocycles. The number of phenolic OH excluding ortho intramolecular Hbond substituents is 1. The largest absolute Gasteiger partial charge is 0.508 e. The Bertz CT molecular complexity index is 1430. The molecule has 0 fully saturated rings. The monoisotopic (exact) mass is 486 g/mol. The van der Waals surface area contributed by atoms with Crippen molar-refractivity contribution >= 4 is 34.9 Å². The zero-order valence-corrected chi connectivity index (χ0v) is 19.3. The maximum Gasteiger partial charge on any atom is 0.336 e. The second kappa shape index (κ2) is 9.83. The van der Waals surface area contributed by atoms with Gasteiger partial charge in [-0.05, 0) is 83.2 Å². The van der Waals surface area contributed by atoms with Crippen molar-refractivity contribution in [2.45, 2.75) is 13.3 Å². The standard InChI is InChI=1S/C27H22N2O7/c1-14(30)12-28-24(33)13-29-26(34)15-2-5-22(23(11-15)27(35)36)25-20-6-3-18(31)9-16(20)8-17-10-19(32)4-7-21(17)25/h2-7,9-11,31H,8,12-13H2,1H3,(H,28,33)(H,29,34)(H,35,36). The molecule has 0 radical (unpaired) electrons. The Morgan fingerprint density at radius 1 is 0.944 bits per heavy atom. The minimum Gasteiger partial charge on any atom is -0.508 e. The van der Waals surface area contributed by atoms with Crippen LogP contribution < -0.4 is 10.6 Å². The molecule has 4 N–H and O–H groups in total. The third-order valence-corrected chi connectivity index (χ3v) is 5.81. The summed E-state index contributed by atoms with van der Waals surface area (Å²) in [7, 11) is 0. The topological polar surface area (TPSA) is 150 Å². The van der Waals surface area contributed by atoms with Crippen molar-refractivity contribution in [3.05, 3.63) is 93.6 Å². The number of carboxylic acids is 1. The molecule has 0 saturated carbocycles. The molecule has 2 aliphatic rings. The molecule has 182 valence electrons. The average Bonchev–Trinajstić information content (AvgIpc) is 2.84. The van der Waals surface area contributed by atoms with Crippen LogP contribution in [0.5, 0.6) is 5.75 Å². The predicted octanol–water partition coefficient (Wildman–Crippen LogP) is 1.95. The van der Waals surface area contributed by atoms with Crippen molar-refractivity contribution < 1.29 is 34.2 Å². The Kier molecular flexibility index (Phi) is 6.64. The van der Waals surface area contributed by atoms with Gasteiger partial charge in [-0.25, -0.2) is 4.79 Å². The lowest BCUT2D eigenvalue weighted by Crippen LogP contribution is -2.38. The van der Waals surface area contributed by atoms with Crippen LogP contribution in [0.25, 0.3) is 5.57 Å². The first-order valence-corrected chi connectivity index (χ1v) is 11.1. The van der Waals surface area contributed by atoms with Crippen LogP contribution in [-0.4, -0.2) is 52.7 Å². The molecular weight excluding hydrogens is 464 g/mol. The van der Waals surface area contributed by atoms with Crippen molar-refractivity contribution in [3.63, 3.8) is 0 Å². The first-order valence-electron chi connectivity index (χ1n) is 11.1. The number of hydrogen-bond donors (Lipinski definition) is 4. The first kappa shape index (κ1) is 24.3. The van der Waals surface area contributed by atoms with Crippen LogP contribution in [0.15, 0.2) is 65.8 Å². The Morgan fingerprint density at radius 2 is 1.69 bits per heavy atom. The molecule has 2 aromatic carbocycles. The summed E-state index contributed by atoms with van der Waals surface area (Å²) >= 11 is 0. The van der Waals surface area contributed by atoms with Gasteiger partial charge >= 0.3 is 5.97 Å². The van der Waals surface area contributed by atoms with Crippen LogP contribution in [0.3, 0.4) is 0 Å². The Hall–Kier alpha value is -4.79. The smallest absolute Gasteiger partial charge is 0.336 e. The summed E-state index contributed by atoms with van der Waals surface area (Å²) in [5.41, 5.74) is 3.63. The maximum absolute atomic E-state index is 12.6. The summed E-state index contributed by atoms with van der Waals surface area (Å²) in [5, 5.41) is 24.7. The molecule has 0 spiro atoms. The van der Waals surface area contributed by atoms with E-state index in [1.807, 2.05) is 0 Å². The van der Waals surface area contributed by atoms with E-state index in [1.54, 1.807) is 18.2 Å². The minimum atomic E-state index is -1.26. The average molecular weight is 486 g/mol. The van der Waals surface area contributed by atoms with Crippen LogP contribution in [0, 0.1) is 0 Å². The number of ketones is 2. The van der Waals surface area contributed by atoms with Gasteiger partial charge in [-0.2, -0.15) is 0 Å². The van der Waals surface area contributed by atoms with Gasteiger partial charge in [-0.15, -0.1) is 0 Å². The number of carbonyl (C=O) groups excluding carboxylic acids is 4. The number of nitrogens with one attached hydrogen (secondary N) is 2. The minimum absolute atomic E-state index is 0.0352. The van der Waals surface area contributed by atoms with Crippen molar-refractivity contribution in [2.24, 2.45) is 0 Å². The van der Waals surface area contributed by atoms with Gasteiger partial charge in [0, 0.05) is 5.56 Å². The fourth-order valence-electron chi connectivity index (χ4n) is 4.20. The van der Waals surface area contributed by atoms with Crippen molar-refractivity contribution in [2.75, 3.05) is 13.1 Å². The van der Waals surface area contributed by atoms with E-state index in [-0.39, 0.29) is 41.5 Å². The summed E-state index contributed by atoms with van der Waals surface area (Å²) in [5.74, 6) is -2.85. The molecule has 9 nitrogen and oxygen atoms in total. The van der Waals surface area contributed by atoms with E-state index in [1.165, 1.54) is 43.3 Å². The van der Waals surface area contributed by atoms with Gasteiger partial charge in [0.25, 0.3) is 5.91 Å². The molecule has 9 heteroatoms. The number of allylic oxidation sites excluding steroid dienone is 5. The summed E-state index contributed by atoms with van der Waals surface area (Å²) in [6.07, 6.45) is 4.94. The van der Waals surface area contributed by atoms with Gasteiger partial charge in [-0.3, -0.25) is 19.2 Å². The van der Waals surface area contributed by atoms with Crippen LogP contribution in [0.2, 0.25) is 0 Å². The number of carboxylic acid groups (broad SMARTS) is 1. The quantitative estimate of drug-likeness (QED) is 0.467. The lowest BCUT2D eigenvalue weighted by molar-refractivity contribution is -0.123. The molecule has 0 aromatic heterocycles. The number of aromatic hydroxyl groups is 1. The number of carbonyl (C=O) groups is 5. The van der Waals surface area contributed by atoms with Gasteiger partial charge in [0.2, 0.25) is 5.91 Å². The lowest BCUT2D eigenvalue weighted by Gasteiger charge is -2.27. The van der Waals surface area contributed by atoms with Crippen LogP contribution >= 0.6 is 0 Å². The highest BCUT2D eigenvalue weighted by molar-refractivity contribution is 6.07. The van der Waals surface area contributed by atoms with Gasteiger partial charge in [0.05, 0.1) is 18.7 Å². The van der Waals surface area contributed by atoms with Crippen molar-refractivity contribution in [3.8, 4) is 5.75 Å². The number of benzene rings is 2. The number of amides is 2. The van der Waals surface area contributed by atoms with E-state index in [0.29, 0.717) is 34.3 Å². The van der Waals surface area contributed by atoms with Crippen molar-refractivity contribution in [1.29, 1.82) is 0 Å². The second-order valence-corrected chi connectivity index (χ2v) is 8.44. The molecular formula is C27H22N2O7. The Morgan fingerprint density at radius 3 is 2.42 bits per heavy atom. The zero-order valence-electron chi connectivity index (χ0n) is 19.3. The molecule has 0 bridgehead atoms. The summed E-state index contributed by atoms with van der Waals surface area (Å²) in [6, 6.07) is 8.97. The van der Waals surface area contributed by atoms with E-state index in [4.69, 9.17) is 0 Å². The summed E-state index contributed by atoms with van der Waals surface area (Å²) in [4.78, 5) is 59.6. The number of hydrogen-bond acceptors (Lipinski definition) is 6. The SMILES string of the molecule is CC(=O)CNC(=O)CNC(=O)c1ccc(C2=C3C=CC(=O)C=C3Cc3cc(O)ccc32)c(C(=O)O)c1. The fraction of sp³-hybridized carbons (Fsp3) is 0.148. The molecule has 0 atom stereocenters. The van der Waals surface area contributed by atoms with Crippen LogP contribution in [0.1, 0.15) is 44.3 Å². The molecule has 2 aromatic rings. The molecule has 2 amide bonds. The van der Waals surface area contributed by atoms with Crippen molar-refractivity contribution in [1.82, 2.24) is 10.6 Å². The van der Waals surface area contributed by atoms with E-state index in [2.05, 4.69) is 10.6 Å². The first-order chi connectivity index (χ1) is 17.1. The third kappa shape index (κ3) is 5.00. The molecule has 4 rings (SSSR count). The van der Waals surface area contributed by atoms with Gasteiger partial charge in [0.15, 0.2) is 5.78 Å². The Labute approximate surface area is 205 Å². The number of rotatable bonds is 7.